The summed E-state index contributed by atoms with van der Waals surface area (Å²) >= 11 is 0. The van der Waals surface area contributed by atoms with E-state index in [4.69, 9.17) is 4.74 Å². The summed E-state index contributed by atoms with van der Waals surface area (Å²) < 4.78 is 5.20. The van der Waals surface area contributed by atoms with Crippen molar-refractivity contribution in [3.05, 3.63) is 23.9 Å². The molecule has 122 valence electrons. The number of nitrogens with one attached hydrogen (secondary N) is 2. The first kappa shape index (κ1) is 14.5. The van der Waals surface area contributed by atoms with Crippen LogP contribution in [0, 0.1) is 5.92 Å². The average molecular weight is 314 g/mol. The summed E-state index contributed by atoms with van der Waals surface area (Å²) in [7, 11) is 3.81. The number of amides is 1. The van der Waals surface area contributed by atoms with Crippen LogP contribution in [0.3, 0.4) is 0 Å². The minimum absolute atomic E-state index is 0.0839. The zero-order chi connectivity index (χ0) is 16.0. The molecule has 3 unspecified atom stereocenters. The monoisotopic (exact) mass is 314 g/mol. The molecule has 1 saturated carbocycles. The Bertz CT molecular complexity index is 739. The van der Waals surface area contributed by atoms with E-state index in [1.807, 2.05) is 18.2 Å². The van der Waals surface area contributed by atoms with Crippen molar-refractivity contribution in [3.8, 4) is 5.75 Å². The molecule has 1 aliphatic heterocycles. The Balaban J connectivity index is 1.53. The number of methoxy groups -OCH3 is 1. The molecule has 1 aromatic heterocycles. The van der Waals surface area contributed by atoms with Crippen LogP contribution < -0.4 is 10.1 Å². The molecule has 6 heteroatoms. The smallest absolute Gasteiger partial charge is 0.272 e. The minimum Gasteiger partial charge on any atom is -0.497 e. The molecule has 1 amide bonds. The number of fused-ring (bicyclic) bond motifs is 3. The third-order valence-electron chi connectivity index (χ3n) is 5.40. The van der Waals surface area contributed by atoms with Gasteiger partial charge in [0.2, 0.25) is 0 Å². The molecule has 2 aromatic rings. The molecule has 2 N–H and O–H groups in total. The SMILES string of the molecule is COc1ccc2c(C(=O)NC3CCC4CC3CN4C)n[nH]c2c1. The summed E-state index contributed by atoms with van der Waals surface area (Å²) in [6.45, 7) is 1.08. The maximum absolute atomic E-state index is 12.7. The molecule has 2 fully saturated rings. The summed E-state index contributed by atoms with van der Waals surface area (Å²) in [6.07, 6.45) is 3.41. The number of H-pyrrole nitrogens is 1. The van der Waals surface area contributed by atoms with E-state index in [9.17, 15) is 4.79 Å². The quantitative estimate of drug-likeness (QED) is 0.906. The highest BCUT2D eigenvalue weighted by Gasteiger charge is 2.39. The van der Waals surface area contributed by atoms with Crippen LogP contribution in [0.1, 0.15) is 29.8 Å². The van der Waals surface area contributed by atoms with E-state index >= 15 is 0 Å². The van der Waals surface area contributed by atoms with Crippen LogP contribution in [0.2, 0.25) is 0 Å². The lowest BCUT2D eigenvalue weighted by Crippen LogP contribution is -2.42. The van der Waals surface area contributed by atoms with Crippen molar-refractivity contribution >= 4 is 16.8 Å². The fourth-order valence-electron chi connectivity index (χ4n) is 4.09. The zero-order valence-corrected chi connectivity index (χ0v) is 13.5. The number of hydrogen-bond donors (Lipinski definition) is 2. The van der Waals surface area contributed by atoms with Crippen molar-refractivity contribution < 1.29 is 9.53 Å². The summed E-state index contributed by atoms with van der Waals surface area (Å²) in [5.74, 6) is 1.23. The number of nitrogens with zero attached hydrogens (tertiary/aromatic N) is 2. The standard InChI is InChI=1S/C17H22N4O2/c1-21-9-10-7-11(21)3-6-14(10)18-17(22)16-13-5-4-12(23-2)8-15(13)19-20-16/h4-5,8,10-11,14H,3,6-7,9H2,1-2H3,(H,18,22)(H,19,20). The molecular weight excluding hydrogens is 292 g/mol. The number of rotatable bonds is 3. The minimum atomic E-state index is -0.0839. The second-order valence-corrected chi connectivity index (χ2v) is 6.73. The highest BCUT2D eigenvalue weighted by Crippen LogP contribution is 2.34. The summed E-state index contributed by atoms with van der Waals surface area (Å²) in [5.41, 5.74) is 1.29. The number of hydrogen-bond acceptors (Lipinski definition) is 4. The molecule has 3 atom stereocenters. The van der Waals surface area contributed by atoms with Gasteiger partial charge < -0.3 is 15.0 Å². The van der Waals surface area contributed by atoms with Crippen molar-refractivity contribution in [1.29, 1.82) is 0 Å². The molecule has 4 rings (SSSR count). The summed E-state index contributed by atoms with van der Waals surface area (Å²) in [6, 6.07) is 6.55. The summed E-state index contributed by atoms with van der Waals surface area (Å²) in [5, 5.41) is 11.2. The van der Waals surface area contributed by atoms with Gasteiger partial charge in [-0.3, -0.25) is 9.89 Å². The third kappa shape index (κ3) is 2.47. The molecule has 0 spiro atoms. The number of aromatic nitrogens is 2. The number of likely N-dealkylation sites (tertiary alicyclic amines) is 1. The van der Waals surface area contributed by atoms with Crippen LogP contribution in [0.25, 0.3) is 10.9 Å². The topological polar surface area (TPSA) is 70.2 Å². The first-order valence-electron chi connectivity index (χ1n) is 8.19. The Morgan fingerprint density at radius 1 is 1.43 bits per heavy atom. The van der Waals surface area contributed by atoms with E-state index < -0.39 is 0 Å². The average Bonchev–Trinajstić information content (AvgIpc) is 3.11. The van der Waals surface area contributed by atoms with E-state index in [1.54, 1.807) is 7.11 Å². The van der Waals surface area contributed by atoms with E-state index in [-0.39, 0.29) is 11.9 Å². The van der Waals surface area contributed by atoms with Crippen molar-refractivity contribution in [2.24, 2.45) is 5.92 Å². The van der Waals surface area contributed by atoms with Gasteiger partial charge in [0.05, 0.1) is 12.6 Å². The van der Waals surface area contributed by atoms with Crippen LogP contribution in [0.4, 0.5) is 0 Å². The lowest BCUT2D eigenvalue weighted by Gasteiger charge is -2.28. The number of carbonyl (C=O) groups is 1. The van der Waals surface area contributed by atoms with Gasteiger partial charge in [-0.1, -0.05) is 0 Å². The lowest BCUT2D eigenvalue weighted by molar-refractivity contribution is 0.0911. The predicted octanol–water partition coefficient (Wildman–Crippen LogP) is 1.78. The Hall–Kier alpha value is -2.08. The van der Waals surface area contributed by atoms with Crippen molar-refractivity contribution in [3.63, 3.8) is 0 Å². The van der Waals surface area contributed by atoms with Gasteiger partial charge in [0.1, 0.15) is 5.75 Å². The van der Waals surface area contributed by atoms with E-state index in [0.29, 0.717) is 17.7 Å². The maximum Gasteiger partial charge on any atom is 0.272 e. The summed E-state index contributed by atoms with van der Waals surface area (Å²) in [4.78, 5) is 15.1. The van der Waals surface area contributed by atoms with Gasteiger partial charge in [-0.25, -0.2) is 0 Å². The zero-order valence-electron chi connectivity index (χ0n) is 13.5. The number of benzene rings is 1. The first-order chi connectivity index (χ1) is 11.2. The molecule has 6 nitrogen and oxygen atoms in total. The molecule has 0 radical (unpaired) electrons. The number of ether oxygens (including phenoxy) is 1. The Morgan fingerprint density at radius 3 is 3.13 bits per heavy atom. The van der Waals surface area contributed by atoms with E-state index in [1.165, 1.54) is 6.42 Å². The molecule has 1 aromatic carbocycles. The van der Waals surface area contributed by atoms with Gasteiger partial charge in [-0.15, -0.1) is 0 Å². The molecule has 2 bridgehead atoms. The van der Waals surface area contributed by atoms with Crippen molar-refractivity contribution in [1.82, 2.24) is 20.4 Å². The molecule has 1 saturated heterocycles. The third-order valence-corrected chi connectivity index (χ3v) is 5.40. The molecule has 23 heavy (non-hydrogen) atoms. The Kier molecular flexibility index (Phi) is 3.49. The Morgan fingerprint density at radius 2 is 2.30 bits per heavy atom. The van der Waals surface area contributed by atoms with Crippen molar-refractivity contribution in [2.75, 3.05) is 20.7 Å². The van der Waals surface area contributed by atoms with Crippen LogP contribution in [0.5, 0.6) is 5.75 Å². The van der Waals surface area contributed by atoms with Crippen LogP contribution in [0.15, 0.2) is 18.2 Å². The molecule has 2 aliphatic rings. The van der Waals surface area contributed by atoms with Crippen LogP contribution in [-0.4, -0.2) is 53.8 Å². The van der Waals surface area contributed by atoms with Gasteiger partial charge in [0, 0.05) is 30.1 Å². The van der Waals surface area contributed by atoms with Gasteiger partial charge in [-0.05, 0) is 44.4 Å². The maximum atomic E-state index is 12.7. The number of carbonyl (C=O) groups excluding carboxylic acids is 1. The highest BCUT2D eigenvalue weighted by molar-refractivity contribution is 6.05. The van der Waals surface area contributed by atoms with Gasteiger partial charge >= 0.3 is 0 Å². The van der Waals surface area contributed by atoms with Gasteiger partial charge in [0.15, 0.2) is 5.69 Å². The molecule has 2 heterocycles. The van der Waals surface area contributed by atoms with Gasteiger partial charge in [-0.2, -0.15) is 5.10 Å². The fraction of sp³-hybridized carbons (Fsp3) is 0.529. The first-order valence-corrected chi connectivity index (χ1v) is 8.19. The van der Waals surface area contributed by atoms with Gasteiger partial charge in [0.25, 0.3) is 5.91 Å². The molecule has 1 aliphatic carbocycles. The highest BCUT2D eigenvalue weighted by atomic mass is 16.5. The van der Waals surface area contributed by atoms with E-state index in [2.05, 4.69) is 27.5 Å². The normalized spacial score (nSPS) is 27.3. The number of aromatic amines is 1. The van der Waals surface area contributed by atoms with E-state index in [0.717, 1.165) is 36.0 Å². The second kappa shape index (κ2) is 5.53. The largest absolute Gasteiger partial charge is 0.497 e. The second-order valence-electron chi connectivity index (χ2n) is 6.73. The predicted molar refractivity (Wildman–Crippen MR) is 87.7 cm³/mol. The van der Waals surface area contributed by atoms with Crippen molar-refractivity contribution in [2.45, 2.75) is 31.3 Å². The molecular formula is C17H22N4O2. The Labute approximate surface area is 135 Å². The van der Waals surface area contributed by atoms with Crippen LogP contribution >= 0.6 is 0 Å². The van der Waals surface area contributed by atoms with Crippen LogP contribution in [-0.2, 0) is 0 Å². The fourth-order valence-corrected chi connectivity index (χ4v) is 4.09. The lowest BCUT2D eigenvalue weighted by atomic mass is 9.85.